The number of aromatic nitrogens is 2. The molecule has 0 aliphatic heterocycles. The second-order valence-electron chi connectivity index (χ2n) is 3.83. The lowest BCUT2D eigenvalue weighted by Gasteiger charge is -2.05. The molecule has 1 heterocycles. The van der Waals surface area contributed by atoms with Gasteiger partial charge < -0.3 is 11.1 Å². The van der Waals surface area contributed by atoms with Crippen molar-refractivity contribution in [3.05, 3.63) is 36.2 Å². The van der Waals surface area contributed by atoms with Gasteiger partial charge in [0, 0.05) is 37.1 Å². The van der Waals surface area contributed by atoms with E-state index in [-0.39, 0.29) is 5.91 Å². The fourth-order valence-corrected chi connectivity index (χ4v) is 1.66. The molecule has 0 radical (unpaired) electrons. The number of hydrogen-bond acceptors (Lipinski definition) is 3. The highest BCUT2D eigenvalue weighted by molar-refractivity contribution is 5.96. The van der Waals surface area contributed by atoms with Crippen LogP contribution in [0.25, 0.3) is 11.1 Å². The Morgan fingerprint density at radius 2 is 2.12 bits per heavy atom. The fraction of sp³-hybridized carbons (Fsp3) is 0.167. The zero-order valence-electron chi connectivity index (χ0n) is 9.77. The molecule has 5 heteroatoms. The second kappa shape index (κ2) is 4.29. The van der Waals surface area contributed by atoms with Crippen LogP contribution in [-0.2, 0) is 7.05 Å². The number of carbonyl (C=O) groups is 1. The molecule has 0 saturated carbocycles. The molecule has 0 bridgehead atoms. The summed E-state index contributed by atoms with van der Waals surface area (Å²) in [5, 5.41) is 6.67. The molecule has 2 aromatic rings. The third-order valence-corrected chi connectivity index (χ3v) is 2.48. The average molecular weight is 230 g/mol. The van der Waals surface area contributed by atoms with Crippen LogP contribution in [0.4, 0.5) is 5.69 Å². The molecule has 1 aromatic heterocycles. The molecule has 0 aliphatic rings. The predicted molar refractivity (Wildman–Crippen MR) is 66.4 cm³/mol. The van der Waals surface area contributed by atoms with Gasteiger partial charge >= 0.3 is 0 Å². The number of nitrogen functional groups attached to an aromatic ring is 1. The largest absolute Gasteiger partial charge is 0.399 e. The van der Waals surface area contributed by atoms with Crippen LogP contribution in [0.1, 0.15) is 10.4 Å². The van der Waals surface area contributed by atoms with Gasteiger partial charge in [-0.05, 0) is 23.8 Å². The lowest BCUT2D eigenvalue weighted by molar-refractivity contribution is 0.0963. The summed E-state index contributed by atoms with van der Waals surface area (Å²) >= 11 is 0. The van der Waals surface area contributed by atoms with Gasteiger partial charge in [0.25, 0.3) is 5.91 Å². The van der Waals surface area contributed by atoms with Crippen molar-refractivity contribution in [3.8, 4) is 11.1 Å². The van der Waals surface area contributed by atoms with Gasteiger partial charge in [-0.2, -0.15) is 5.10 Å². The van der Waals surface area contributed by atoms with Crippen molar-refractivity contribution in [2.75, 3.05) is 12.8 Å². The zero-order valence-corrected chi connectivity index (χ0v) is 9.77. The second-order valence-corrected chi connectivity index (χ2v) is 3.83. The first-order valence-electron chi connectivity index (χ1n) is 5.22. The Bertz CT molecular complexity index is 559. The molecule has 0 unspecified atom stereocenters. The van der Waals surface area contributed by atoms with Crippen molar-refractivity contribution in [1.82, 2.24) is 15.1 Å². The molecule has 0 fully saturated rings. The van der Waals surface area contributed by atoms with Gasteiger partial charge in [-0.3, -0.25) is 9.48 Å². The van der Waals surface area contributed by atoms with Gasteiger partial charge in [0.1, 0.15) is 0 Å². The van der Waals surface area contributed by atoms with Crippen LogP contribution >= 0.6 is 0 Å². The predicted octanol–water partition coefficient (Wildman–Crippen LogP) is 1.03. The standard InChI is InChI=1S/C12H14N4O/c1-14-12(17)9-3-8(4-11(13)5-9)10-6-15-16(2)7-10/h3-7H,13H2,1-2H3,(H,14,17). The summed E-state index contributed by atoms with van der Waals surface area (Å²) in [7, 11) is 3.44. The Hall–Kier alpha value is -2.30. The van der Waals surface area contributed by atoms with E-state index in [4.69, 9.17) is 5.73 Å². The summed E-state index contributed by atoms with van der Waals surface area (Å²) < 4.78 is 1.71. The summed E-state index contributed by atoms with van der Waals surface area (Å²) in [6.07, 6.45) is 3.62. The van der Waals surface area contributed by atoms with E-state index in [2.05, 4.69) is 10.4 Å². The van der Waals surface area contributed by atoms with Crippen molar-refractivity contribution in [3.63, 3.8) is 0 Å². The Morgan fingerprint density at radius 1 is 1.35 bits per heavy atom. The minimum Gasteiger partial charge on any atom is -0.399 e. The number of benzene rings is 1. The molecule has 0 aliphatic carbocycles. The van der Waals surface area contributed by atoms with Crippen LogP contribution in [0.2, 0.25) is 0 Å². The van der Waals surface area contributed by atoms with Gasteiger partial charge in [-0.25, -0.2) is 0 Å². The third-order valence-electron chi connectivity index (χ3n) is 2.48. The SMILES string of the molecule is CNC(=O)c1cc(N)cc(-c2cnn(C)c2)c1. The molecule has 0 spiro atoms. The van der Waals surface area contributed by atoms with Gasteiger partial charge in [-0.15, -0.1) is 0 Å². The van der Waals surface area contributed by atoms with E-state index < -0.39 is 0 Å². The smallest absolute Gasteiger partial charge is 0.251 e. The molecule has 0 atom stereocenters. The molecule has 3 N–H and O–H groups in total. The molecule has 1 aromatic carbocycles. The number of hydrogen-bond donors (Lipinski definition) is 2. The van der Waals surface area contributed by atoms with E-state index in [0.29, 0.717) is 11.3 Å². The maximum atomic E-state index is 11.6. The van der Waals surface area contributed by atoms with Gasteiger partial charge in [0.05, 0.1) is 6.20 Å². The summed E-state index contributed by atoms with van der Waals surface area (Å²) in [5.74, 6) is -0.151. The Balaban J connectivity index is 2.48. The van der Waals surface area contributed by atoms with Gasteiger partial charge in [0.2, 0.25) is 0 Å². The number of anilines is 1. The molecule has 5 nitrogen and oxygen atoms in total. The van der Waals surface area contributed by atoms with Crippen molar-refractivity contribution in [2.24, 2.45) is 7.05 Å². The fourth-order valence-electron chi connectivity index (χ4n) is 1.66. The summed E-state index contributed by atoms with van der Waals surface area (Å²) in [4.78, 5) is 11.6. The maximum absolute atomic E-state index is 11.6. The zero-order chi connectivity index (χ0) is 12.4. The van der Waals surface area contributed by atoms with Crippen molar-refractivity contribution >= 4 is 11.6 Å². The van der Waals surface area contributed by atoms with E-state index in [1.165, 1.54) is 0 Å². The lowest BCUT2D eigenvalue weighted by Crippen LogP contribution is -2.17. The first-order valence-corrected chi connectivity index (χ1v) is 5.22. The molecule has 2 rings (SSSR count). The third kappa shape index (κ3) is 2.28. The number of nitrogens with two attached hydrogens (primary N) is 1. The van der Waals surface area contributed by atoms with E-state index in [1.807, 2.05) is 19.3 Å². The van der Waals surface area contributed by atoms with Crippen LogP contribution < -0.4 is 11.1 Å². The van der Waals surface area contributed by atoms with Crippen molar-refractivity contribution < 1.29 is 4.79 Å². The number of amides is 1. The van der Waals surface area contributed by atoms with E-state index in [0.717, 1.165) is 11.1 Å². The highest BCUT2D eigenvalue weighted by Gasteiger charge is 2.08. The summed E-state index contributed by atoms with van der Waals surface area (Å²) in [5.41, 5.74) is 8.72. The Kier molecular flexibility index (Phi) is 2.82. The first-order chi connectivity index (χ1) is 8.10. The number of carbonyl (C=O) groups excluding carboxylic acids is 1. The van der Waals surface area contributed by atoms with Crippen molar-refractivity contribution in [1.29, 1.82) is 0 Å². The number of nitrogens with zero attached hydrogens (tertiary/aromatic N) is 2. The van der Waals surface area contributed by atoms with Gasteiger partial charge in [-0.1, -0.05) is 0 Å². The van der Waals surface area contributed by atoms with E-state index in [1.54, 1.807) is 30.1 Å². The van der Waals surface area contributed by atoms with Gasteiger partial charge in [0.15, 0.2) is 0 Å². The minimum atomic E-state index is -0.151. The highest BCUT2D eigenvalue weighted by atomic mass is 16.1. The molecular formula is C12H14N4O. The molecule has 17 heavy (non-hydrogen) atoms. The van der Waals surface area contributed by atoms with Crippen LogP contribution in [-0.4, -0.2) is 22.7 Å². The lowest BCUT2D eigenvalue weighted by atomic mass is 10.0. The van der Waals surface area contributed by atoms with E-state index in [9.17, 15) is 4.79 Å². The quantitative estimate of drug-likeness (QED) is 0.757. The highest BCUT2D eigenvalue weighted by Crippen LogP contribution is 2.23. The molecule has 0 saturated heterocycles. The van der Waals surface area contributed by atoms with Crippen LogP contribution in [0.5, 0.6) is 0 Å². The number of nitrogens with one attached hydrogen (secondary N) is 1. The normalized spacial score (nSPS) is 10.2. The number of rotatable bonds is 2. The summed E-state index contributed by atoms with van der Waals surface area (Å²) in [6.45, 7) is 0. The molecule has 1 amide bonds. The maximum Gasteiger partial charge on any atom is 0.251 e. The van der Waals surface area contributed by atoms with E-state index >= 15 is 0 Å². The topological polar surface area (TPSA) is 72.9 Å². The number of aryl methyl sites for hydroxylation is 1. The molecular weight excluding hydrogens is 216 g/mol. The monoisotopic (exact) mass is 230 g/mol. The average Bonchev–Trinajstić information content (AvgIpc) is 2.74. The first kappa shape index (κ1) is 11.2. The van der Waals surface area contributed by atoms with Crippen LogP contribution in [0.3, 0.4) is 0 Å². The van der Waals surface area contributed by atoms with Crippen LogP contribution in [0, 0.1) is 0 Å². The minimum absolute atomic E-state index is 0.151. The molecule has 88 valence electrons. The summed E-state index contributed by atoms with van der Waals surface area (Å²) in [6, 6.07) is 5.27. The Labute approximate surface area is 99.2 Å². The van der Waals surface area contributed by atoms with Crippen molar-refractivity contribution in [2.45, 2.75) is 0 Å². The Morgan fingerprint density at radius 3 is 2.71 bits per heavy atom. The van der Waals surface area contributed by atoms with Crippen LogP contribution in [0.15, 0.2) is 30.6 Å².